The fourth-order valence-electron chi connectivity index (χ4n) is 1.77. The minimum atomic E-state index is -0.546. The number of imidazole rings is 1. The smallest absolute Gasteiger partial charge is 0.338 e. The third-order valence-corrected chi connectivity index (χ3v) is 2.82. The van der Waals surface area contributed by atoms with Crippen LogP contribution in [-0.2, 0) is 11.8 Å². The van der Waals surface area contributed by atoms with Crippen LogP contribution in [0.5, 0.6) is 0 Å². The molecule has 7 heteroatoms. The third kappa shape index (κ3) is 2.82. The summed E-state index contributed by atoms with van der Waals surface area (Å²) in [5.74, 6) is 0.0793. The molecule has 0 spiro atoms. The lowest BCUT2D eigenvalue weighted by Gasteiger charge is -2.12. The summed E-state index contributed by atoms with van der Waals surface area (Å²) in [4.78, 5) is 26.0. The topological polar surface area (TPSA) is 87.3 Å². The monoisotopic (exact) mass is 275 g/mol. The number of benzene rings is 1. The van der Waals surface area contributed by atoms with Crippen molar-refractivity contribution in [2.24, 2.45) is 7.05 Å². The van der Waals surface area contributed by atoms with Gasteiger partial charge in [0.1, 0.15) is 5.82 Å². The van der Waals surface area contributed by atoms with Crippen LogP contribution in [-0.4, -0.2) is 20.4 Å². The van der Waals surface area contributed by atoms with Gasteiger partial charge < -0.3 is 9.30 Å². The van der Waals surface area contributed by atoms with Crippen LogP contribution in [0.15, 0.2) is 36.7 Å². The van der Waals surface area contributed by atoms with Crippen LogP contribution < -0.4 is 0 Å². The number of rotatable bonds is 4. The average molecular weight is 275 g/mol. The van der Waals surface area contributed by atoms with Crippen molar-refractivity contribution in [2.45, 2.75) is 13.0 Å². The van der Waals surface area contributed by atoms with Crippen LogP contribution in [0.4, 0.5) is 5.69 Å². The van der Waals surface area contributed by atoms with Gasteiger partial charge in [-0.1, -0.05) is 0 Å². The molecule has 7 nitrogen and oxygen atoms in total. The average Bonchev–Trinajstić information content (AvgIpc) is 2.85. The van der Waals surface area contributed by atoms with Crippen molar-refractivity contribution < 1.29 is 14.5 Å². The second-order valence-corrected chi connectivity index (χ2v) is 4.25. The highest BCUT2D eigenvalue weighted by Gasteiger charge is 2.17. The molecule has 0 amide bonds. The molecule has 0 saturated carbocycles. The summed E-state index contributed by atoms with van der Waals surface area (Å²) in [5, 5.41) is 10.5. The van der Waals surface area contributed by atoms with E-state index in [2.05, 4.69) is 4.98 Å². The summed E-state index contributed by atoms with van der Waals surface area (Å²) in [5.41, 5.74) is 0.190. The zero-order chi connectivity index (χ0) is 14.7. The van der Waals surface area contributed by atoms with E-state index < -0.39 is 17.0 Å². The number of aryl methyl sites for hydroxylation is 1. The Balaban J connectivity index is 2.08. The van der Waals surface area contributed by atoms with Crippen LogP contribution in [0.2, 0.25) is 0 Å². The highest BCUT2D eigenvalue weighted by atomic mass is 16.6. The van der Waals surface area contributed by atoms with Gasteiger partial charge in [-0.3, -0.25) is 10.1 Å². The van der Waals surface area contributed by atoms with Crippen LogP contribution in [0, 0.1) is 10.1 Å². The van der Waals surface area contributed by atoms with Gasteiger partial charge in [-0.2, -0.15) is 0 Å². The molecule has 1 unspecified atom stereocenters. The lowest BCUT2D eigenvalue weighted by Crippen LogP contribution is -2.12. The Morgan fingerprint density at radius 1 is 1.40 bits per heavy atom. The molecule has 0 aliphatic heterocycles. The first-order chi connectivity index (χ1) is 9.49. The number of nitro groups is 1. The number of nitrogens with zero attached hydrogens (tertiary/aromatic N) is 3. The van der Waals surface area contributed by atoms with Crippen LogP contribution in [0.25, 0.3) is 0 Å². The van der Waals surface area contributed by atoms with Gasteiger partial charge in [0, 0.05) is 31.6 Å². The molecule has 1 atom stereocenters. The van der Waals surface area contributed by atoms with E-state index in [0.29, 0.717) is 5.82 Å². The van der Waals surface area contributed by atoms with Crippen molar-refractivity contribution in [3.8, 4) is 0 Å². The molecule has 0 saturated heterocycles. The molecule has 2 rings (SSSR count). The molecule has 1 aromatic carbocycles. The maximum absolute atomic E-state index is 11.9. The highest BCUT2D eigenvalue weighted by molar-refractivity contribution is 5.89. The molecule has 2 aromatic rings. The molecule has 20 heavy (non-hydrogen) atoms. The molecule has 0 fully saturated rings. The van der Waals surface area contributed by atoms with Gasteiger partial charge in [-0.05, 0) is 19.1 Å². The van der Waals surface area contributed by atoms with E-state index in [1.807, 2.05) is 0 Å². The lowest BCUT2D eigenvalue weighted by atomic mass is 10.2. The van der Waals surface area contributed by atoms with E-state index in [1.165, 1.54) is 24.3 Å². The van der Waals surface area contributed by atoms with E-state index in [1.54, 1.807) is 30.9 Å². The summed E-state index contributed by atoms with van der Waals surface area (Å²) in [6, 6.07) is 5.27. The first kappa shape index (κ1) is 13.7. The van der Waals surface area contributed by atoms with E-state index in [0.717, 1.165) is 0 Å². The fraction of sp³-hybridized carbons (Fsp3) is 0.231. The first-order valence-corrected chi connectivity index (χ1v) is 5.91. The number of hydrogen-bond donors (Lipinski definition) is 0. The molecule has 104 valence electrons. The zero-order valence-corrected chi connectivity index (χ0v) is 11.0. The van der Waals surface area contributed by atoms with Gasteiger partial charge >= 0.3 is 5.97 Å². The van der Waals surface area contributed by atoms with Gasteiger partial charge in [0.25, 0.3) is 5.69 Å². The van der Waals surface area contributed by atoms with E-state index in [4.69, 9.17) is 4.74 Å². The number of hydrogen-bond acceptors (Lipinski definition) is 5. The Morgan fingerprint density at radius 2 is 2.05 bits per heavy atom. The fourth-order valence-corrected chi connectivity index (χ4v) is 1.77. The van der Waals surface area contributed by atoms with Crippen LogP contribution >= 0.6 is 0 Å². The maximum atomic E-state index is 11.9. The maximum Gasteiger partial charge on any atom is 0.338 e. The molecule has 0 radical (unpaired) electrons. The van der Waals surface area contributed by atoms with Crippen LogP contribution in [0.1, 0.15) is 29.2 Å². The summed E-state index contributed by atoms with van der Waals surface area (Å²) >= 11 is 0. The molecule has 0 aliphatic carbocycles. The van der Waals surface area contributed by atoms with E-state index in [-0.39, 0.29) is 11.3 Å². The minimum absolute atomic E-state index is 0.0706. The summed E-state index contributed by atoms with van der Waals surface area (Å²) < 4.78 is 7.03. The largest absolute Gasteiger partial charge is 0.451 e. The molecular weight excluding hydrogens is 262 g/mol. The number of ether oxygens (including phenoxy) is 1. The summed E-state index contributed by atoms with van der Waals surface area (Å²) in [7, 11) is 1.80. The summed E-state index contributed by atoms with van der Waals surface area (Å²) in [6.07, 6.45) is 2.87. The second kappa shape index (κ2) is 5.52. The molecule has 1 aromatic heterocycles. The quantitative estimate of drug-likeness (QED) is 0.485. The zero-order valence-electron chi connectivity index (χ0n) is 11.0. The second-order valence-electron chi connectivity index (χ2n) is 4.25. The van der Waals surface area contributed by atoms with Crippen LogP contribution in [0.3, 0.4) is 0 Å². The van der Waals surface area contributed by atoms with Gasteiger partial charge in [-0.25, -0.2) is 9.78 Å². The van der Waals surface area contributed by atoms with Gasteiger partial charge in [0.2, 0.25) is 0 Å². The Morgan fingerprint density at radius 3 is 2.55 bits per heavy atom. The molecule has 0 N–H and O–H groups in total. The Bertz CT molecular complexity index is 633. The number of carbonyl (C=O) groups excluding carboxylic acids is 1. The number of aromatic nitrogens is 2. The van der Waals surface area contributed by atoms with Crippen molar-refractivity contribution in [1.29, 1.82) is 0 Å². The molecular formula is C13H13N3O4. The van der Waals surface area contributed by atoms with Gasteiger partial charge in [0.05, 0.1) is 10.5 Å². The number of carbonyl (C=O) groups is 1. The minimum Gasteiger partial charge on any atom is -0.451 e. The normalized spacial score (nSPS) is 11.9. The van der Waals surface area contributed by atoms with Crippen molar-refractivity contribution in [2.75, 3.05) is 0 Å². The SMILES string of the molecule is CC(OC(=O)c1ccc([N+](=O)[O-])cc1)c1nccn1C. The predicted octanol–water partition coefficient (Wildman–Crippen LogP) is 2.25. The number of nitro benzene ring substituents is 1. The molecule has 1 heterocycles. The third-order valence-electron chi connectivity index (χ3n) is 2.82. The molecule has 0 aliphatic rings. The first-order valence-electron chi connectivity index (χ1n) is 5.91. The Hall–Kier alpha value is -2.70. The molecule has 0 bridgehead atoms. The number of non-ortho nitro benzene ring substituents is 1. The Kier molecular flexibility index (Phi) is 3.79. The van der Waals surface area contributed by atoms with Crippen molar-refractivity contribution in [1.82, 2.24) is 9.55 Å². The number of esters is 1. The van der Waals surface area contributed by atoms with E-state index >= 15 is 0 Å². The van der Waals surface area contributed by atoms with Crippen molar-refractivity contribution >= 4 is 11.7 Å². The predicted molar refractivity (Wildman–Crippen MR) is 70.1 cm³/mol. The highest BCUT2D eigenvalue weighted by Crippen LogP contribution is 2.18. The standard InChI is InChI=1S/C13H13N3O4/c1-9(12-14-7-8-15(12)2)20-13(17)10-3-5-11(6-4-10)16(18)19/h3-9H,1-2H3. The summed E-state index contributed by atoms with van der Waals surface area (Å²) in [6.45, 7) is 1.71. The van der Waals surface area contributed by atoms with Crippen molar-refractivity contribution in [3.63, 3.8) is 0 Å². The van der Waals surface area contributed by atoms with Crippen molar-refractivity contribution in [3.05, 3.63) is 58.2 Å². The Labute approximate surface area is 115 Å². The van der Waals surface area contributed by atoms with E-state index in [9.17, 15) is 14.9 Å². The van der Waals surface area contributed by atoms with Gasteiger partial charge in [0.15, 0.2) is 6.10 Å². The lowest BCUT2D eigenvalue weighted by molar-refractivity contribution is -0.384. The van der Waals surface area contributed by atoms with Gasteiger partial charge in [-0.15, -0.1) is 0 Å².